The molecule has 0 atom stereocenters. The number of hydrogen-bond acceptors (Lipinski definition) is 3. The SMILES string of the molecule is CCN(CC1CCNCC1)S(=O)(=O)CCC(C)(C)C. The number of piperidine rings is 1. The molecule has 1 N–H and O–H groups in total. The molecule has 0 aromatic heterocycles. The molecule has 0 amide bonds. The molecule has 114 valence electrons. The molecule has 0 aromatic rings. The van der Waals surface area contributed by atoms with Gasteiger partial charge in [-0.1, -0.05) is 27.7 Å². The first kappa shape index (κ1) is 16.9. The van der Waals surface area contributed by atoms with Crippen molar-refractivity contribution in [3.8, 4) is 0 Å². The van der Waals surface area contributed by atoms with Crippen molar-refractivity contribution in [3.63, 3.8) is 0 Å². The second kappa shape index (κ2) is 7.04. The van der Waals surface area contributed by atoms with Crippen molar-refractivity contribution in [3.05, 3.63) is 0 Å². The van der Waals surface area contributed by atoms with Crippen LogP contribution in [0, 0.1) is 11.3 Å². The molecule has 1 aliphatic rings. The first-order valence-electron chi connectivity index (χ1n) is 7.43. The normalized spacial score (nSPS) is 19.0. The van der Waals surface area contributed by atoms with Gasteiger partial charge in [0.25, 0.3) is 0 Å². The Morgan fingerprint density at radius 3 is 2.26 bits per heavy atom. The third kappa shape index (κ3) is 6.23. The summed E-state index contributed by atoms with van der Waals surface area (Å²) in [6.07, 6.45) is 2.90. The van der Waals surface area contributed by atoms with Crippen LogP contribution in [-0.2, 0) is 10.0 Å². The quantitative estimate of drug-likeness (QED) is 0.815. The monoisotopic (exact) mass is 290 g/mol. The minimum Gasteiger partial charge on any atom is -0.317 e. The van der Waals surface area contributed by atoms with Crippen molar-refractivity contribution in [2.45, 2.75) is 47.0 Å². The van der Waals surface area contributed by atoms with Crippen LogP contribution in [0.2, 0.25) is 0 Å². The van der Waals surface area contributed by atoms with E-state index < -0.39 is 10.0 Å². The molecule has 19 heavy (non-hydrogen) atoms. The van der Waals surface area contributed by atoms with E-state index in [0.29, 0.717) is 19.0 Å². The predicted molar refractivity (Wildman–Crippen MR) is 80.7 cm³/mol. The number of nitrogens with one attached hydrogen (secondary N) is 1. The fourth-order valence-electron chi connectivity index (χ4n) is 2.36. The lowest BCUT2D eigenvalue weighted by Gasteiger charge is -2.29. The van der Waals surface area contributed by atoms with Gasteiger partial charge in [0.2, 0.25) is 10.0 Å². The summed E-state index contributed by atoms with van der Waals surface area (Å²) in [7, 11) is -3.09. The fraction of sp³-hybridized carbons (Fsp3) is 1.00. The maximum absolute atomic E-state index is 12.4. The Balaban J connectivity index is 2.56. The average molecular weight is 290 g/mol. The molecule has 4 nitrogen and oxygen atoms in total. The van der Waals surface area contributed by atoms with Gasteiger partial charge in [-0.05, 0) is 43.7 Å². The van der Waals surface area contributed by atoms with Gasteiger partial charge in [0.15, 0.2) is 0 Å². The van der Waals surface area contributed by atoms with E-state index in [4.69, 9.17) is 0 Å². The first-order chi connectivity index (χ1) is 8.74. The molecule has 0 bridgehead atoms. The summed E-state index contributed by atoms with van der Waals surface area (Å²) in [5.41, 5.74) is 0.0707. The lowest BCUT2D eigenvalue weighted by molar-refractivity contribution is 0.292. The Labute approximate surface area is 119 Å². The van der Waals surface area contributed by atoms with Crippen molar-refractivity contribution >= 4 is 10.0 Å². The van der Waals surface area contributed by atoms with Gasteiger partial charge in [-0.2, -0.15) is 0 Å². The van der Waals surface area contributed by atoms with Crippen LogP contribution in [0.15, 0.2) is 0 Å². The number of sulfonamides is 1. The van der Waals surface area contributed by atoms with Gasteiger partial charge < -0.3 is 5.32 Å². The molecule has 1 aliphatic heterocycles. The smallest absolute Gasteiger partial charge is 0.214 e. The lowest BCUT2D eigenvalue weighted by atomic mass is 9.94. The highest BCUT2D eigenvalue weighted by molar-refractivity contribution is 7.89. The van der Waals surface area contributed by atoms with E-state index >= 15 is 0 Å². The molecular weight excluding hydrogens is 260 g/mol. The molecule has 0 saturated carbocycles. The molecular formula is C14H30N2O2S. The molecule has 1 heterocycles. The highest BCUT2D eigenvalue weighted by Crippen LogP contribution is 2.22. The Morgan fingerprint density at radius 1 is 1.21 bits per heavy atom. The van der Waals surface area contributed by atoms with Crippen molar-refractivity contribution < 1.29 is 8.42 Å². The topological polar surface area (TPSA) is 49.4 Å². The molecule has 5 heteroatoms. The van der Waals surface area contributed by atoms with Crippen LogP contribution < -0.4 is 5.32 Å². The molecule has 0 aliphatic carbocycles. The molecule has 1 rings (SSSR count). The maximum Gasteiger partial charge on any atom is 0.214 e. The standard InChI is InChI=1S/C14H30N2O2S/c1-5-16(12-13-6-9-15-10-7-13)19(17,18)11-8-14(2,3)4/h13,15H,5-12H2,1-4H3. The van der Waals surface area contributed by atoms with Gasteiger partial charge in [0.05, 0.1) is 5.75 Å². The number of hydrogen-bond donors (Lipinski definition) is 1. The summed E-state index contributed by atoms with van der Waals surface area (Å²) < 4.78 is 26.5. The van der Waals surface area contributed by atoms with E-state index in [2.05, 4.69) is 26.1 Å². The van der Waals surface area contributed by atoms with Gasteiger partial charge in [-0.3, -0.25) is 0 Å². The van der Waals surface area contributed by atoms with E-state index in [0.717, 1.165) is 32.4 Å². The molecule has 0 unspecified atom stereocenters. The highest BCUT2D eigenvalue weighted by atomic mass is 32.2. The van der Waals surface area contributed by atoms with Gasteiger partial charge >= 0.3 is 0 Å². The second-order valence-electron chi connectivity index (χ2n) is 6.77. The molecule has 0 aromatic carbocycles. The average Bonchev–Trinajstić information content (AvgIpc) is 2.34. The predicted octanol–water partition coefficient (Wildman–Crippen LogP) is 2.07. The van der Waals surface area contributed by atoms with Crippen LogP contribution in [0.25, 0.3) is 0 Å². The van der Waals surface area contributed by atoms with Crippen molar-refractivity contribution in [1.29, 1.82) is 0 Å². The number of rotatable bonds is 6. The molecule has 0 spiro atoms. The van der Waals surface area contributed by atoms with E-state index in [9.17, 15) is 8.42 Å². The van der Waals surface area contributed by atoms with Crippen LogP contribution in [0.1, 0.15) is 47.0 Å². The molecule has 1 saturated heterocycles. The minimum atomic E-state index is -3.09. The fourth-order valence-corrected chi connectivity index (χ4v) is 4.32. The lowest BCUT2D eigenvalue weighted by Crippen LogP contribution is -2.40. The Kier molecular flexibility index (Phi) is 6.27. The van der Waals surface area contributed by atoms with E-state index in [-0.39, 0.29) is 11.2 Å². The summed E-state index contributed by atoms with van der Waals surface area (Å²) >= 11 is 0. The van der Waals surface area contributed by atoms with Crippen molar-refractivity contribution in [2.75, 3.05) is 31.9 Å². The summed E-state index contributed by atoms with van der Waals surface area (Å²) in [5, 5.41) is 3.32. The molecule has 0 radical (unpaired) electrons. The zero-order valence-corrected chi connectivity index (χ0v) is 13.7. The largest absolute Gasteiger partial charge is 0.317 e. The first-order valence-corrected chi connectivity index (χ1v) is 9.04. The Hall–Kier alpha value is -0.130. The van der Waals surface area contributed by atoms with Crippen LogP contribution in [0.4, 0.5) is 0 Å². The molecule has 1 fully saturated rings. The van der Waals surface area contributed by atoms with E-state index in [1.54, 1.807) is 4.31 Å². The third-order valence-corrected chi connectivity index (χ3v) is 5.69. The van der Waals surface area contributed by atoms with Gasteiger partial charge in [-0.25, -0.2) is 12.7 Å². The van der Waals surface area contributed by atoms with Crippen molar-refractivity contribution in [2.24, 2.45) is 11.3 Å². The minimum absolute atomic E-state index is 0.0707. The summed E-state index contributed by atoms with van der Waals surface area (Å²) in [5.74, 6) is 0.792. The van der Waals surface area contributed by atoms with Crippen molar-refractivity contribution in [1.82, 2.24) is 9.62 Å². The van der Waals surface area contributed by atoms with Crippen LogP contribution in [0.3, 0.4) is 0 Å². The summed E-state index contributed by atoms with van der Waals surface area (Å²) in [6.45, 7) is 11.5. The zero-order valence-electron chi connectivity index (χ0n) is 12.9. The zero-order chi connectivity index (χ0) is 14.5. The summed E-state index contributed by atoms with van der Waals surface area (Å²) in [4.78, 5) is 0. The third-order valence-electron chi connectivity index (χ3n) is 3.78. The van der Waals surface area contributed by atoms with E-state index in [1.807, 2.05) is 6.92 Å². The number of nitrogens with zero attached hydrogens (tertiary/aromatic N) is 1. The maximum atomic E-state index is 12.4. The Bertz CT molecular complexity index is 354. The van der Waals surface area contributed by atoms with E-state index in [1.165, 1.54) is 0 Å². The van der Waals surface area contributed by atoms with Gasteiger partial charge in [0, 0.05) is 13.1 Å². The Morgan fingerprint density at radius 2 is 1.79 bits per heavy atom. The second-order valence-corrected chi connectivity index (χ2v) is 8.86. The summed E-state index contributed by atoms with van der Waals surface area (Å²) in [6, 6.07) is 0. The van der Waals surface area contributed by atoms with Crippen LogP contribution >= 0.6 is 0 Å². The van der Waals surface area contributed by atoms with Gasteiger partial charge in [0.1, 0.15) is 0 Å². The van der Waals surface area contributed by atoms with Crippen LogP contribution in [-0.4, -0.2) is 44.7 Å². The van der Waals surface area contributed by atoms with Gasteiger partial charge in [-0.15, -0.1) is 0 Å². The highest BCUT2D eigenvalue weighted by Gasteiger charge is 2.26. The van der Waals surface area contributed by atoms with Crippen LogP contribution in [0.5, 0.6) is 0 Å².